The number of rotatable bonds is 6. The molecule has 2 heterocycles. The van der Waals surface area contributed by atoms with E-state index < -0.39 is 5.97 Å². The molecule has 1 aromatic heterocycles. The maximum atomic E-state index is 10.5. The van der Waals surface area contributed by atoms with E-state index in [1.807, 2.05) is 0 Å². The lowest BCUT2D eigenvalue weighted by molar-refractivity contribution is -0.131. The molecule has 24 heavy (non-hydrogen) atoms. The van der Waals surface area contributed by atoms with Crippen LogP contribution in [0.25, 0.3) is 6.08 Å². The van der Waals surface area contributed by atoms with E-state index in [9.17, 15) is 4.79 Å². The summed E-state index contributed by atoms with van der Waals surface area (Å²) in [7, 11) is 0. The van der Waals surface area contributed by atoms with Gasteiger partial charge in [-0.3, -0.25) is 4.98 Å². The number of nitrogens with one attached hydrogen (secondary N) is 1. The smallest absolute Gasteiger partial charge is 0.328 e. The van der Waals surface area contributed by atoms with Crippen LogP contribution in [0.3, 0.4) is 0 Å². The minimum Gasteiger partial charge on any atom is -0.478 e. The monoisotopic (exact) mass is 330 g/mol. The Morgan fingerprint density at radius 1 is 1.25 bits per heavy atom. The van der Waals surface area contributed by atoms with Crippen molar-refractivity contribution in [3.8, 4) is 0 Å². The minimum atomic E-state index is -0.983. The Balaban J connectivity index is 1.45. The van der Waals surface area contributed by atoms with Crippen LogP contribution in [0.1, 0.15) is 44.2 Å². The molecule has 2 fully saturated rings. The number of hydrogen-bond acceptors (Lipinski definition) is 5. The van der Waals surface area contributed by atoms with Gasteiger partial charge in [0.2, 0.25) is 0 Å². The summed E-state index contributed by atoms with van der Waals surface area (Å²) in [5.41, 5.74) is 0.549. The molecule has 0 amide bonds. The highest BCUT2D eigenvalue weighted by Gasteiger charge is 2.25. The zero-order valence-corrected chi connectivity index (χ0v) is 14.0. The molecule has 2 aliphatic rings. The van der Waals surface area contributed by atoms with Gasteiger partial charge in [0.25, 0.3) is 0 Å². The van der Waals surface area contributed by atoms with Gasteiger partial charge in [0.05, 0.1) is 18.1 Å². The van der Waals surface area contributed by atoms with Crippen LogP contribution < -0.4 is 5.32 Å². The number of likely N-dealkylation sites (tertiary alicyclic amines) is 1. The molecule has 130 valence electrons. The van der Waals surface area contributed by atoms with Gasteiger partial charge in [-0.2, -0.15) is 0 Å². The summed E-state index contributed by atoms with van der Waals surface area (Å²) >= 11 is 0. The van der Waals surface area contributed by atoms with E-state index in [0.717, 1.165) is 37.3 Å². The van der Waals surface area contributed by atoms with Crippen LogP contribution >= 0.6 is 0 Å². The first-order valence-corrected chi connectivity index (χ1v) is 8.91. The molecule has 0 unspecified atom stereocenters. The molecule has 1 saturated carbocycles. The molecular formula is C18H26N4O2. The third-order valence-electron chi connectivity index (χ3n) is 4.93. The summed E-state index contributed by atoms with van der Waals surface area (Å²) in [6.07, 6.45) is 13.9. The number of carboxylic acid groups (broad SMARTS) is 1. The van der Waals surface area contributed by atoms with Crippen molar-refractivity contribution in [2.24, 2.45) is 5.92 Å². The predicted octanol–water partition coefficient (Wildman–Crippen LogP) is 2.64. The Morgan fingerprint density at radius 3 is 2.79 bits per heavy atom. The predicted molar refractivity (Wildman–Crippen MR) is 93.7 cm³/mol. The molecule has 1 saturated heterocycles. The van der Waals surface area contributed by atoms with Gasteiger partial charge in [-0.15, -0.1) is 0 Å². The zero-order valence-electron chi connectivity index (χ0n) is 14.0. The van der Waals surface area contributed by atoms with Crippen molar-refractivity contribution in [2.45, 2.75) is 44.6 Å². The maximum absolute atomic E-state index is 10.5. The van der Waals surface area contributed by atoms with Crippen LogP contribution in [0.15, 0.2) is 18.5 Å². The summed E-state index contributed by atoms with van der Waals surface area (Å²) in [6, 6.07) is 0.420. The lowest BCUT2D eigenvalue weighted by Crippen LogP contribution is -2.31. The molecule has 0 radical (unpaired) electrons. The number of nitrogens with zero attached hydrogens (tertiary/aromatic N) is 3. The Bertz CT molecular complexity index is 567. The Kier molecular flexibility index (Phi) is 5.80. The van der Waals surface area contributed by atoms with Crippen LogP contribution in [0.5, 0.6) is 0 Å². The van der Waals surface area contributed by atoms with Gasteiger partial charge < -0.3 is 15.3 Å². The number of anilines is 1. The third kappa shape index (κ3) is 5.03. The molecule has 6 nitrogen and oxygen atoms in total. The standard InChI is InChI=1S/C18H26N4O2/c23-18(24)7-6-15-10-20-17(11-19-15)21-16-8-9-22(13-16)12-14-4-2-1-3-5-14/h6-7,10-11,14,16H,1-5,8-9,12-13H2,(H,20,21)(H,23,24)/b7-6+/t16-/m1/s1. The summed E-state index contributed by atoms with van der Waals surface area (Å²) in [6.45, 7) is 3.46. The van der Waals surface area contributed by atoms with Crippen molar-refractivity contribution < 1.29 is 9.90 Å². The second kappa shape index (κ2) is 8.24. The van der Waals surface area contributed by atoms with Gasteiger partial charge in [0.15, 0.2) is 0 Å². The van der Waals surface area contributed by atoms with Crippen molar-refractivity contribution in [1.29, 1.82) is 0 Å². The highest BCUT2D eigenvalue weighted by molar-refractivity contribution is 5.84. The zero-order chi connectivity index (χ0) is 16.8. The molecule has 2 N–H and O–H groups in total. The van der Waals surface area contributed by atoms with Gasteiger partial charge in [-0.05, 0) is 31.3 Å². The van der Waals surface area contributed by atoms with Crippen molar-refractivity contribution in [3.05, 3.63) is 24.2 Å². The number of aliphatic carboxylic acids is 1. The van der Waals surface area contributed by atoms with Crippen molar-refractivity contribution in [3.63, 3.8) is 0 Å². The van der Waals surface area contributed by atoms with Gasteiger partial charge >= 0.3 is 5.97 Å². The van der Waals surface area contributed by atoms with Crippen molar-refractivity contribution >= 4 is 17.9 Å². The largest absolute Gasteiger partial charge is 0.478 e. The fraction of sp³-hybridized carbons (Fsp3) is 0.611. The number of carboxylic acids is 1. The van der Waals surface area contributed by atoms with E-state index in [4.69, 9.17) is 5.11 Å². The van der Waals surface area contributed by atoms with Crippen LogP contribution in [-0.2, 0) is 4.79 Å². The average molecular weight is 330 g/mol. The van der Waals surface area contributed by atoms with Crippen LogP contribution in [0.4, 0.5) is 5.82 Å². The van der Waals surface area contributed by atoms with E-state index in [1.54, 1.807) is 12.4 Å². The highest BCUT2D eigenvalue weighted by Crippen LogP contribution is 2.26. The second-order valence-corrected chi connectivity index (χ2v) is 6.89. The van der Waals surface area contributed by atoms with E-state index in [0.29, 0.717) is 11.7 Å². The van der Waals surface area contributed by atoms with E-state index in [1.165, 1.54) is 44.7 Å². The quantitative estimate of drug-likeness (QED) is 0.781. The van der Waals surface area contributed by atoms with Crippen LogP contribution in [0.2, 0.25) is 0 Å². The SMILES string of the molecule is O=C(O)/C=C/c1cnc(N[C@@H]2CCN(CC3CCCCC3)C2)cn1. The van der Waals surface area contributed by atoms with Crippen molar-refractivity contribution in [1.82, 2.24) is 14.9 Å². The summed E-state index contributed by atoms with van der Waals surface area (Å²) < 4.78 is 0. The van der Waals surface area contributed by atoms with Gasteiger partial charge in [0.1, 0.15) is 5.82 Å². The summed E-state index contributed by atoms with van der Waals surface area (Å²) in [5, 5.41) is 12.1. The van der Waals surface area contributed by atoms with Gasteiger partial charge in [0, 0.05) is 31.8 Å². The first kappa shape index (κ1) is 16.9. The maximum Gasteiger partial charge on any atom is 0.328 e. The molecular weight excluding hydrogens is 304 g/mol. The topological polar surface area (TPSA) is 78.3 Å². The lowest BCUT2D eigenvalue weighted by atomic mass is 9.89. The first-order valence-electron chi connectivity index (χ1n) is 8.91. The number of aromatic nitrogens is 2. The Labute approximate surface area is 143 Å². The third-order valence-corrected chi connectivity index (χ3v) is 4.93. The molecule has 1 aliphatic carbocycles. The Hall–Kier alpha value is -1.95. The lowest BCUT2D eigenvalue weighted by Gasteiger charge is -2.26. The molecule has 0 bridgehead atoms. The second-order valence-electron chi connectivity index (χ2n) is 6.89. The first-order chi connectivity index (χ1) is 11.7. The Morgan fingerprint density at radius 2 is 2.08 bits per heavy atom. The molecule has 1 aliphatic heterocycles. The van der Waals surface area contributed by atoms with Crippen molar-refractivity contribution in [2.75, 3.05) is 25.0 Å². The van der Waals surface area contributed by atoms with Gasteiger partial charge in [-0.25, -0.2) is 9.78 Å². The molecule has 0 spiro atoms. The molecule has 1 atom stereocenters. The van der Waals surface area contributed by atoms with E-state index in [-0.39, 0.29) is 0 Å². The van der Waals surface area contributed by atoms with Gasteiger partial charge in [-0.1, -0.05) is 19.3 Å². The van der Waals surface area contributed by atoms with Crippen LogP contribution in [0, 0.1) is 5.92 Å². The average Bonchev–Trinajstić information content (AvgIpc) is 3.02. The fourth-order valence-electron chi connectivity index (χ4n) is 3.72. The van der Waals surface area contributed by atoms with E-state index >= 15 is 0 Å². The normalized spacial score (nSPS) is 22.9. The number of hydrogen-bond donors (Lipinski definition) is 2. The highest BCUT2D eigenvalue weighted by atomic mass is 16.4. The number of carbonyl (C=O) groups is 1. The molecule has 0 aromatic carbocycles. The van der Waals surface area contributed by atoms with E-state index in [2.05, 4.69) is 20.2 Å². The molecule has 6 heteroatoms. The minimum absolute atomic E-state index is 0.420. The molecule has 3 rings (SSSR count). The summed E-state index contributed by atoms with van der Waals surface area (Å²) in [4.78, 5) is 21.6. The fourth-order valence-corrected chi connectivity index (χ4v) is 3.72. The summed E-state index contributed by atoms with van der Waals surface area (Å²) in [5.74, 6) is 0.660. The molecule has 1 aromatic rings. The van der Waals surface area contributed by atoms with Crippen LogP contribution in [-0.4, -0.2) is 51.6 Å².